The van der Waals surface area contributed by atoms with E-state index in [1.807, 2.05) is 0 Å². The minimum absolute atomic E-state index is 0.792. The predicted molar refractivity (Wildman–Crippen MR) is 44.5 cm³/mol. The molecule has 0 unspecified atom stereocenters. The highest BCUT2D eigenvalue weighted by atomic mass is 35.5. The Morgan fingerprint density at radius 2 is 1.70 bits per heavy atom. The van der Waals surface area contributed by atoms with Gasteiger partial charge in [-0.15, -0.1) is 11.6 Å². The number of alkyl halides is 1. The third kappa shape index (κ3) is 4.34. The molecule has 0 aliphatic carbocycles. The second kappa shape index (κ2) is 7.61. The molecule has 0 atom stereocenters. The lowest BCUT2D eigenvalue weighted by atomic mass is 10.4. The Balaban J connectivity index is 0.000000371. The van der Waals surface area contributed by atoms with Crippen LogP contribution in [0.15, 0.2) is 0 Å². The molecule has 0 bridgehead atoms. The smallest absolute Gasteiger partial charge is 0.0579 e. The highest BCUT2D eigenvalue weighted by molar-refractivity contribution is 6.18. The molecule has 1 heterocycles. The number of halogens is 2. The van der Waals surface area contributed by atoms with Crippen molar-refractivity contribution in [2.45, 2.75) is 12.8 Å². The van der Waals surface area contributed by atoms with E-state index in [9.17, 15) is 0 Å². The zero-order chi connectivity index (χ0) is 7.82. The Hall–Kier alpha value is 0.500. The van der Waals surface area contributed by atoms with Gasteiger partial charge in [-0.2, -0.15) is 0 Å². The quantitative estimate of drug-likeness (QED) is 0.660. The Kier molecular flexibility index (Phi) is 7.99. The van der Waals surface area contributed by atoms with Gasteiger partial charge in [-0.1, -0.05) is 0 Å². The van der Waals surface area contributed by atoms with Gasteiger partial charge in [0.25, 0.3) is 0 Å². The summed E-state index contributed by atoms with van der Waals surface area (Å²) in [6.45, 7) is 3.63. The summed E-state index contributed by atoms with van der Waals surface area (Å²) >= 11 is 9.18. The summed E-state index contributed by atoms with van der Waals surface area (Å²) in [4.78, 5) is 2.41. The van der Waals surface area contributed by atoms with Crippen molar-refractivity contribution in [1.82, 2.24) is 4.90 Å². The van der Waals surface area contributed by atoms with Gasteiger partial charge < -0.3 is 4.90 Å². The first-order valence-corrected chi connectivity index (χ1v) is 4.26. The molecular weight excluding hydrogens is 173 g/mol. The molecule has 1 fully saturated rings. The van der Waals surface area contributed by atoms with Crippen LogP contribution in [-0.2, 0) is 0 Å². The van der Waals surface area contributed by atoms with E-state index < -0.39 is 0 Å². The standard InChI is InChI=1S/C6H12ClN.ClHO/c7-3-6-8-4-1-2-5-8;1-2/h1-6H2;2H. The Morgan fingerprint density at radius 1 is 1.20 bits per heavy atom. The maximum atomic E-state index is 6.47. The average Bonchev–Trinajstić information content (AvgIpc) is 2.46. The fourth-order valence-corrected chi connectivity index (χ4v) is 1.36. The predicted octanol–water partition coefficient (Wildman–Crippen LogP) is 1.45. The third-order valence-electron chi connectivity index (χ3n) is 1.60. The lowest BCUT2D eigenvalue weighted by Gasteiger charge is -2.10. The molecule has 10 heavy (non-hydrogen) atoms. The zero-order valence-electron chi connectivity index (χ0n) is 5.89. The van der Waals surface area contributed by atoms with Gasteiger partial charge in [0.1, 0.15) is 0 Å². The van der Waals surface area contributed by atoms with E-state index in [2.05, 4.69) is 16.8 Å². The van der Waals surface area contributed by atoms with Crippen LogP contribution in [0.2, 0.25) is 0 Å². The second-order valence-corrected chi connectivity index (χ2v) is 2.62. The van der Waals surface area contributed by atoms with Crippen molar-refractivity contribution in [2.24, 2.45) is 0 Å². The largest absolute Gasteiger partial charge is 0.302 e. The molecule has 0 amide bonds. The van der Waals surface area contributed by atoms with Crippen molar-refractivity contribution in [2.75, 3.05) is 25.5 Å². The van der Waals surface area contributed by atoms with Crippen molar-refractivity contribution in [3.8, 4) is 0 Å². The van der Waals surface area contributed by atoms with E-state index in [4.69, 9.17) is 16.3 Å². The number of hydrogen-bond donors (Lipinski definition) is 1. The molecule has 0 aromatic rings. The van der Waals surface area contributed by atoms with Crippen LogP contribution in [-0.4, -0.2) is 35.1 Å². The third-order valence-corrected chi connectivity index (χ3v) is 1.77. The van der Waals surface area contributed by atoms with Crippen molar-refractivity contribution < 1.29 is 4.66 Å². The first-order valence-electron chi connectivity index (χ1n) is 3.38. The fraction of sp³-hybridized carbons (Fsp3) is 1.00. The van der Waals surface area contributed by atoms with Gasteiger partial charge >= 0.3 is 0 Å². The summed E-state index contributed by atoms with van der Waals surface area (Å²) in [5, 5.41) is 0. The first-order chi connectivity index (χ1) is 4.93. The Morgan fingerprint density at radius 3 is 2.10 bits per heavy atom. The second-order valence-electron chi connectivity index (χ2n) is 2.24. The Bertz CT molecular complexity index is 66.8. The molecule has 0 saturated carbocycles. The number of hydrogen-bond acceptors (Lipinski definition) is 2. The van der Waals surface area contributed by atoms with E-state index in [-0.39, 0.29) is 0 Å². The maximum Gasteiger partial charge on any atom is 0.0579 e. The molecule has 62 valence electrons. The van der Waals surface area contributed by atoms with Crippen LogP contribution in [0.3, 0.4) is 0 Å². The Labute approximate surface area is 71.9 Å². The summed E-state index contributed by atoms with van der Waals surface area (Å²) < 4.78 is 6.47. The highest BCUT2D eigenvalue weighted by Gasteiger charge is 2.08. The summed E-state index contributed by atoms with van der Waals surface area (Å²) in [7, 11) is 0. The SMILES string of the molecule is ClCCN1CCCC1.OCl. The van der Waals surface area contributed by atoms with Crippen LogP contribution in [0, 0.1) is 0 Å². The van der Waals surface area contributed by atoms with Gasteiger partial charge in [0, 0.05) is 12.4 Å². The molecule has 1 N–H and O–H groups in total. The number of likely N-dealkylation sites (tertiary alicyclic amines) is 1. The van der Waals surface area contributed by atoms with E-state index >= 15 is 0 Å². The molecule has 1 aliphatic heterocycles. The molecule has 0 aromatic heterocycles. The van der Waals surface area contributed by atoms with Crippen molar-refractivity contribution in [3.63, 3.8) is 0 Å². The van der Waals surface area contributed by atoms with Crippen LogP contribution in [0.25, 0.3) is 0 Å². The van der Waals surface area contributed by atoms with Gasteiger partial charge in [0.15, 0.2) is 0 Å². The molecule has 0 spiro atoms. The minimum atomic E-state index is 0.792. The van der Waals surface area contributed by atoms with Crippen LogP contribution < -0.4 is 0 Å². The summed E-state index contributed by atoms with van der Waals surface area (Å²) in [5.41, 5.74) is 0. The monoisotopic (exact) mass is 185 g/mol. The van der Waals surface area contributed by atoms with E-state index in [0.29, 0.717) is 0 Å². The van der Waals surface area contributed by atoms with Gasteiger partial charge in [-0.25, -0.2) is 0 Å². The molecule has 1 saturated heterocycles. The average molecular weight is 186 g/mol. The van der Waals surface area contributed by atoms with Crippen LogP contribution in [0.4, 0.5) is 0 Å². The van der Waals surface area contributed by atoms with Gasteiger partial charge in [-0.3, -0.25) is 4.66 Å². The molecular formula is C6H13Cl2NO. The van der Waals surface area contributed by atoms with E-state index in [0.717, 1.165) is 12.4 Å². The molecule has 0 aromatic carbocycles. The number of nitrogens with zero attached hydrogens (tertiary/aromatic N) is 1. The molecule has 0 radical (unpaired) electrons. The number of rotatable bonds is 2. The lowest BCUT2D eigenvalue weighted by Crippen LogP contribution is -2.21. The van der Waals surface area contributed by atoms with E-state index in [1.165, 1.54) is 25.9 Å². The zero-order valence-corrected chi connectivity index (χ0v) is 7.40. The van der Waals surface area contributed by atoms with Gasteiger partial charge in [-0.05, 0) is 25.9 Å². The topological polar surface area (TPSA) is 23.5 Å². The van der Waals surface area contributed by atoms with Gasteiger partial charge in [0.05, 0.1) is 11.9 Å². The first kappa shape index (κ1) is 10.5. The summed E-state index contributed by atoms with van der Waals surface area (Å²) in [6.07, 6.45) is 2.74. The molecule has 1 aliphatic rings. The van der Waals surface area contributed by atoms with Crippen LogP contribution in [0.5, 0.6) is 0 Å². The van der Waals surface area contributed by atoms with E-state index in [1.54, 1.807) is 0 Å². The minimum Gasteiger partial charge on any atom is -0.302 e. The molecule has 1 rings (SSSR count). The van der Waals surface area contributed by atoms with Gasteiger partial charge in [0.2, 0.25) is 0 Å². The lowest BCUT2D eigenvalue weighted by molar-refractivity contribution is 0.361. The van der Waals surface area contributed by atoms with Crippen molar-refractivity contribution in [3.05, 3.63) is 0 Å². The molecule has 4 heteroatoms. The highest BCUT2D eigenvalue weighted by Crippen LogP contribution is 2.05. The normalized spacial score (nSPS) is 18.3. The van der Waals surface area contributed by atoms with Crippen molar-refractivity contribution in [1.29, 1.82) is 0 Å². The van der Waals surface area contributed by atoms with Crippen LogP contribution >= 0.6 is 23.5 Å². The van der Waals surface area contributed by atoms with Crippen LogP contribution in [0.1, 0.15) is 12.8 Å². The van der Waals surface area contributed by atoms with Crippen molar-refractivity contribution >= 4 is 23.5 Å². The summed E-state index contributed by atoms with van der Waals surface area (Å²) in [5.74, 6) is 0.792. The maximum absolute atomic E-state index is 6.47. The summed E-state index contributed by atoms with van der Waals surface area (Å²) in [6, 6.07) is 0. The fourth-order valence-electron chi connectivity index (χ4n) is 1.13. The molecule has 2 nitrogen and oxygen atoms in total.